The highest BCUT2D eigenvalue weighted by Gasteiger charge is 2.03. The lowest BCUT2D eigenvalue weighted by atomic mass is 10.4. The van der Waals surface area contributed by atoms with E-state index >= 15 is 0 Å². The molecule has 0 aliphatic carbocycles. The summed E-state index contributed by atoms with van der Waals surface area (Å²) in [5.74, 6) is 0.934. The van der Waals surface area contributed by atoms with Gasteiger partial charge in [0.1, 0.15) is 5.82 Å². The molecule has 0 aliphatic heterocycles. The van der Waals surface area contributed by atoms with Crippen molar-refractivity contribution in [1.29, 1.82) is 0 Å². The quantitative estimate of drug-likeness (QED) is 0.805. The van der Waals surface area contributed by atoms with Gasteiger partial charge in [-0.15, -0.1) is 0 Å². The summed E-state index contributed by atoms with van der Waals surface area (Å²) in [6, 6.07) is 1.83. The highest BCUT2D eigenvalue weighted by atomic mass is 35.5. The predicted molar refractivity (Wildman–Crippen MR) is 56.5 cm³/mol. The first-order chi connectivity index (χ1) is 6.79. The minimum absolute atomic E-state index is 0.626. The van der Waals surface area contributed by atoms with Crippen LogP contribution >= 0.6 is 11.6 Å². The fourth-order valence-electron chi connectivity index (χ4n) is 1.29. The zero-order valence-electron chi connectivity index (χ0n) is 7.84. The number of fused-ring (bicyclic) bond motifs is 1. The third-order valence-electron chi connectivity index (χ3n) is 1.96. The first-order valence-corrected chi connectivity index (χ1v) is 4.82. The number of nitrogens with zero attached hydrogens (tertiary/aromatic N) is 2. The second-order valence-corrected chi connectivity index (χ2v) is 3.50. The Hall–Kier alpha value is -1.13. The topological polar surface area (TPSA) is 53.6 Å². The highest BCUT2D eigenvalue weighted by Crippen LogP contribution is 2.14. The Bertz CT molecular complexity index is 437. The van der Waals surface area contributed by atoms with Gasteiger partial charge in [-0.3, -0.25) is 0 Å². The number of hydrogen-bond donors (Lipinski definition) is 2. The van der Waals surface area contributed by atoms with E-state index in [4.69, 9.17) is 11.6 Å². The SMILES string of the molecule is CNCCc1nc2ncc(Cl)cc2[nH]1. The van der Waals surface area contributed by atoms with Crippen LogP contribution in [0.5, 0.6) is 0 Å². The molecule has 0 saturated heterocycles. The Morgan fingerprint density at radius 1 is 1.57 bits per heavy atom. The molecular formula is C9H11ClN4. The lowest BCUT2D eigenvalue weighted by Crippen LogP contribution is -2.10. The fraction of sp³-hybridized carbons (Fsp3) is 0.333. The average Bonchev–Trinajstić information content (AvgIpc) is 2.56. The van der Waals surface area contributed by atoms with E-state index in [2.05, 4.69) is 20.3 Å². The van der Waals surface area contributed by atoms with Crippen LogP contribution in [-0.2, 0) is 6.42 Å². The van der Waals surface area contributed by atoms with Crippen molar-refractivity contribution in [3.63, 3.8) is 0 Å². The summed E-state index contributed by atoms with van der Waals surface area (Å²) in [5, 5.41) is 3.69. The van der Waals surface area contributed by atoms with Gasteiger partial charge in [-0.05, 0) is 13.1 Å². The summed E-state index contributed by atoms with van der Waals surface area (Å²) in [6.07, 6.45) is 2.47. The standard InChI is InChI=1S/C9H11ClN4/c1-11-3-2-8-13-7-4-6(10)5-12-9(7)14-8/h4-5,11H,2-3H2,1H3,(H,12,13,14). The molecule has 0 fully saturated rings. The molecule has 0 aliphatic rings. The molecule has 0 aromatic carbocycles. The molecule has 0 unspecified atom stereocenters. The average molecular weight is 211 g/mol. The molecule has 0 amide bonds. The molecular weight excluding hydrogens is 200 g/mol. The van der Waals surface area contributed by atoms with Crippen LogP contribution in [-0.4, -0.2) is 28.5 Å². The number of nitrogens with one attached hydrogen (secondary N) is 2. The van der Waals surface area contributed by atoms with Crippen molar-refractivity contribution < 1.29 is 0 Å². The second-order valence-electron chi connectivity index (χ2n) is 3.06. The monoisotopic (exact) mass is 210 g/mol. The van der Waals surface area contributed by atoms with Crippen molar-refractivity contribution in [2.24, 2.45) is 0 Å². The Morgan fingerprint density at radius 3 is 3.21 bits per heavy atom. The number of rotatable bonds is 3. The van der Waals surface area contributed by atoms with Crippen LogP contribution in [0.15, 0.2) is 12.3 Å². The maximum atomic E-state index is 5.81. The van der Waals surface area contributed by atoms with E-state index < -0.39 is 0 Å². The first kappa shape index (κ1) is 9.43. The molecule has 4 nitrogen and oxygen atoms in total. The molecule has 14 heavy (non-hydrogen) atoms. The third-order valence-corrected chi connectivity index (χ3v) is 2.17. The Balaban J connectivity index is 2.32. The normalized spacial score (nSPS) is 11.0. The largest absolute Gasteiger partial charge is 0.341 e. The molecule has 0 radical (unpaired) electrons. The van der Waals surface area contributed by atoms with Crippen molar-refractivity contribution in [2.45, 2.75) is 6.42 Å². The van der Waals surface area contributed by atoms with Gasteiger partial charge in [0.2, 0.25) is 0 Å². The summed E-state index contributed by atoms with van der Waals surface area (Å²) in [5.41, 5.74) is 1.61. The molecule has 0 spiro atoms. The van der Waals surface area contributed by atoms with Gasteiger partial charge in [-0.1, -0.05) is 11.6 Å². The van der Waals surface area contributed by atoms with Crippen LogP contribution < -0.4 is 5.32 Å². The van der Waals surface area contributed by atoms with Gasteiger partial charge in [-0.25, -0.2) is 9.97 Å². The van der Waals surface area contributed by atoms with Gasteiger partial charge < -0.3 is 10.3 Å². The van der Waals surface area contributed by atoms with Crippen LogP contribution in [0, 0.1) is 0 Å². The van der Waals surface area contributed by atoms with E-state index in [0.29, 0.717) is 5.02 Å². The molecule has 0 saturated carbocycles. The Morgan fingerprint density at radius 2 is 2.43 bits per heavy atom. The number of halogens is 1. The van der Waals surface area contributed by atoms with Crippen molar-refractivity contribution in [3.05, 3.63) is 23.1 Å². The first-order valence-electron chi connectivity index (χ1n) is 4.44. The van der Waals surface area contributed by atoms with E-state index in [1.54, 1.807) is 6.20 Å². The van der Waals surface area contributed by atoms with E-state index in [-0.39, 0.29) is 0 Å². The zero-order chi connectivity index (χ0) is 9.97. The lowest BCUT2D eigenvalue weighted by molar-refractivity contribution is 0.766. The molecule has 74 valence electrons. The van der Waals surface area contributed by atoms with Gasteiger partial charge in [0.15, 0.2) is 5.65 Å². The maximum Gasteiger partial charge on any atom is 0.177 e. The number of aromatic amines is 1. The molecule has 0 bridgehead atoms. The van der Waals surface area contributed by atoms with Crippen LogP contribution in [0.3, 0.4) is 0 Å². The highest BCUT2D eigenvalue weighted by molar-refractivity contribution is 6.30. The molecule has 2 N–H and O–H groups in total. The Labute approximate surface area is 86.7 Å². The minimum atomic E-state index is 0.626. The second kappa shape index (κ2) is 3.94. The van der Waals surface area contributed by atoms with Crippen molar-refractivity contribution in [3.8, 4) is 0 Å². The van der Waals surface area contributed by atoms with Gasteiger partial charge in [0.25, 0.3) is 0 Å². The van der Waals surface area contributed by atoms with Crippen LogP contribution in [0.2, 0.25) is 5.02 Å². The summed E-state index contributed by atoms with van der Waals surface area (Å²) >= 11 is 5.81. The van der Waals surface area contributed by atoms with E-state index in [1.165, 1.54) is 0 Å². The van der Waals surface area contributed by atoms with Crippen LogP contribution in [0.25, 0.3) is 11.2 Å². The van der Waals surface area contributed by atoms with Gasteiger partial charge in [0.05, 0.1) is 10.5 Å². The van der Waals surface area contributed by atoms with Gasteiger partial charge in [0, 0.05) is 19.2 Å². The summed E-state index contributed by atoms with van der Waals surface area (Å²) < 4.78 is 0. The maximum absolute atomic E-state index is 5.81. The molecule has 2 aromatic heterocycles. The van der Waals surface area contributed by atoms with Crippen molar-refractivity contribution in [1.82, 2.24) is 20.3 Å². The van der Waals surface area contributed by atoms with Gasteiger partial charge >= 0.3 is 0 Å². The number of aromatic nitrogens is 3. The number of H-pyrrole nitrogens is 1. The van der Waals surface area contributed by atoms with Crippen LogP contribution in [0.4, 0.5) is 0 Å². The molecule has 2 rings (SSSR count). The zero-order valence-corrected chi connectivity index (χ0v) is 8.60. The lowest BCUT2D eigenvalue weighted by Gasteiger charge is -1.92. The number of likely N-dealkylation sites (N-methyl/N-ethyl adjacent to an activating group) is 1. The van der Waals surface area contributed by atoms with Gasteiger partial charge in [-0.2, -0.15) is 0 Å². The molecule has 2 aromatic rings. The minimum Gasteiger partial charge on any atom is -0.341 e. The van der Waals surface area contributed by atoms with E-state index in [9.17, 15) is 0 Å². The van der Waals surface area contributed by atoms with E-state index in [0.717, 1.165) is 30.0 Å². The summed E-state index contributed by atoms with van der Waals surface area (Å²) in [7, 11) is 1.91. The van der Waals surface area contributed by atoms with E-state index in [1.807, 2.05) is 13.1 Å². The summed E-state index contributed by atoms with van der Waals surface area (Å²) in [4.78, 5) is 11.6. The molecule has 0 atom stereocenters. The van der Waals surface area contributed by atoms with Crippen molar-refractivity contribution in [2.75, 3.05) is 13.6 Å². The third kappa shape index (κ3) is 1.86. The number of hydrogen-bond acceptors (Lipinski definition) is 3. The predicted octanol–water partition coefficient (Wildman–Crippen LogP) is 1.37. The number of pyridine rings is 1. The molecule has 5 heteroatoms. The van der Waals surface area contributed by atoms with Crippen LogP contribution in [0.1, 0.15) is 5.82 Å². The summed E-state index contributed by atoms with van der Waals surface area (Å²) in [6.45, 7) is 0.896. The fourth-order valence-corrected chi connectivity index (χ4v) is 1.44. The number of imidazole rings is 1. The van der Waals surface area contributed by atoms with Crippen molar-refractivity contribution >= 4 is 22.8 Å². The Kier molecular flexibility index (Phi) is 2.65. The molecule has 2 heterocycles. The smallest absolute Gasteiger partial charge is 0.177 e.